The van der Waals surface area contributed by atoms with Crippen LogP contribution in [0.2, 0.25) is 0 Å². The molecule has 0 aliphatic rings. The van der Waals surface area contributed by atoms with E-state index in [0.29, 0.717) is 17.6 Å². The minimum Gasteiger partial charge on any atom is -0.508 e. The van der Waals surface area contributed by atoms with Gasteiger partial charge in [0.15, 0.2) is 5.82 Å². The van der Waals surface area contributed by atoms with E-state index in [0.717, 1.165) is 17.1 Å². The standard InChI is InChI=1S/C13H16N2O2S/c1-9(2)7-18-8-12-14-13(17-15-12)10-4-3-5-11(16)6-10/h3-6,9,16H,7-8H2,1-2H3. The van der Waals surface area contributed by atoms with E-state index in [9.17, 15) is 5.11 Å². The quantitative estimate of drug-likeness (QED) is 0.897. The summed E-state index contributed by atoms with van der Waals surface area (Å²) in [6, 6.07) is 6.80. The third-order valence-electron chi connectivity index (χ3n) is 2.24. The lowest BCUT2D eigenvalue weighted by atomic mass is 10.2. The van der Waals surface area contributed by atoms with Gasteiger partial charge < -0.3 is 9.63 Å². The molecule has 0 unspecified atom stereocenters. The maximum Gasteiger partial charge on any atom is 0.258 e. The van der Waals surface area contributed by atoms with Crippen molar-refractivity contribution in [3.63, 3.8) is 0 Å². The number of rotatable bonds is 5. The van der Waals surface area contributed by atoms with Crippen molar-refractivity contribution in [3.8, 4) is 17.2 Å². The largest absolute Gasteiger partial charge is 0.508 e. The summed E-state index contributed by atoms with van der Waals surface area (Å²) < 4.78 is 5.18. The molecule has 5 heteroatoms. The highest BCUT2D eigenvalue weighted by Gasteiger charge is 2.09. The molecule has 2 aromatic rings. The Balaban J connectivity index is 2.02. The van der Waals surface area contributed by atoms with E-state index in [1.807, 2.05) is 6.07 Å². The van der Waals surface area contributed by atoms with Gasteiger partial charge in [0.05, 0.1) is 5.75 Å². The van der Waals surface area contributed by atoms with Gasteiger partial charge in [0.2, 0.25) is 0 Å². The summed E-state index contributed by atoms with van der Waals surface area (Å²) in [7, 11) is 0. The van der Waals surface area contributed by atoms with Crippen LogP contribution in [0.4, 0.5) is 0 Å². The van der Waals surface area contributed by atoms with Crippen LogP contribution < -0.4 is 0 Å². The van der Waals surface area contributed by atoms with E-state index in [1.54, 1.807) is 30.0 Å². The molecule has 1 heterocycles. The second-order valence-corrected chi connectivity index (χ2v) is 5.51. The fourth-order valence-corrected chi connectivity index (χ4v) is 2.34. The molecule has 96 valence electrons. The van der Waals surface area contributed by atoms with Crippen molar-refractivity contribution >= 4 is 11.8 Å². The zero-order valence-corrected chi connectivity index (χ0v) is 11.3. The Kier molecular flexibility index (Phi) is 4.25. The normalized spacial score (nSPS) is 11.1. The summed E-state index contributed by atoms with van der Waals surface area (Å²) >= 11 is 1.79. The highest BCUT2D eigenvalue weighted by atomic mass is 32.2. The van der Waals surface area contributed by atoms with Crippen molar-refractivity contribution in [2.24, 2.45) is 5.92 Å². The smallest absolute Gasteiger partial charge is 0.258 e. The van der Waals surface area contributed by atoms with E-state index in [2.05, 4.69) is 24.0 Å². The first-order valence-corrected chi connectivity index (χ1v) is 7.00. The lowest BCUT2D eigenvalue weighted by molar-refractivity contribution is 0.424. The number of phenols is 1. The van der Waals surface area contributed by atoms with Crippen LogP contribution in [0.15, 0.2) is 28.8 Å². The molecule has 2 rings (SSSR count). The summed E-state index contributed by atoms with van der Waals surface area (Å²) in [4.78, 5) is 4.31. The molecular weight excluding hydrogens is 248 g/mol. The van der Waals surface area contributed by atoms with Crippen molar-refractivity contribution in [2.45, 2.75) is 19.6 Å². The average Bonchev–Trinajstić information content (AvgIpc) is 2.77. The summed E-state index contributed by atoms with van der Waals surface area (Å²) in [6.45, 7) is 4.36. The Hall–Kier alpha value is -1.49. The van der Waals surface area contributed by atoms with Gasteiger partial charge in [-0.2, -0.15) is 16.7 Å². The summed E-state index contributed by atoms with van der Waals surface area (Å²) in [5.74, 6) is 3.83. The molecular formula is C13H16N2O2S. The topological polar surface area (TPSA) is 59.2 Å². The van der Waals surface area contributed by atoms with Crippen LogP contribution in [-0.4, -0.2) is 21.0 Å². The van der Waals surface area contributed by atoms with Crippen LogP contribution in [-0.2, 0) is 5.75 Å². The van der Waals surface area contributed by atoms with Crippen molar-refractivity contribution in [2.75, 3.05) is 5.75 Å². The SMILES string of the molecule is CC(C)CSCc1noc(-c2cccc(O)c2)n1. The molecule has 0 atom stereocenters. The van der Waals surface area contributed by atoms with Gasteiger partial charge in [0.25, 0.3) is 5.89 Å². The third kappa shape index (κ3) is 3.50. The van der Waals surface area contributed by atoms with Gasteiger partial charge in [0, 0.05) is 5.56 Å². The maximum atomic E-state index is 9.39. The molecule has 0 fully saturated rings. The molecule has 1 aromatic carbocycles. The third-order valence-corrected chi connectivity index (χ3v) is 3.61. The van der Waals surface area contributed by atoms with Crippen molar-refractivity contribution in [1.82, 2.24) is 10.1 Å². The Bertz CT molecular complexity index is 511. The summed E-state index contributed by atoms with van der Waals surface area (Å²) in [5.41, 5.74) is 0.739. The van der Waals surface area contributed by atoms with Crippen molar-refractivity contribution < 1.29 is 9.63 Å². The average molecular weight is 264 g/mol. The second kappa shape index (κ2) is 5.91. The minimum absolute atomic E-state index is 0.196. The van der Waals surface area contributed by atoms with Crippen LogP contribution in [0.3, 0.4) is 0 Å². The molecule has 0 amide bonds. The number of aromatic hydroxyl groups is 1. The summed E-state index contributed by atoms with van der Waals surface area (Å²) in [6.07, 6.45) is 0. The molecule has 4 nitrogen and oxygen atoms in total. The van der Waals surface area contributed by atoms with Gasteiger partial charge in [-0.3, -0.25) is 0 Å². The number of aromatic nitrogens is 2. The lowest BCUT2D eigenvalue weighted by Gasteiger charge is -2.00. The Labute approximate surface area is 110 Å². The van der Waals surface area contributed by atoms with Crippen LogP contribution in [0.5, 0.6) is 5.75 Å². The van der Waals surface area contributed by atoms with Gasteiger partial charge in [-0.25, -0.2) is 0 Å². The molecule has 0 aliphatic carbocycles. The molecule has 1 aromatic heterocycles. The molecule has 0 aliphatic heterocycles. The maximum absolute atomic E-state index is 9.39. The zero-order valence-electron chi connectivity index (χ0n) is 10.5. The molecule has 0 saturated heterocycles. The molecule has 0 saturated carbocycles. The Morgan fingerprint density at radius 3 is 2.94 bits per heavy atom. The van der Waals surface area contributed by atoms with Crippen LogP contribution in [0.25, 0.3) is 11.5 Å². The number of nitrogens with zero attached hydrogens (tertiary/aromatic N) is 2. The van der Waals surface area contributed by atoms with Gasteiger partial charge in [-0.15, -0.1) is 0 Å². The number of thioether (sulfide) groups is 1. The molecule has 1 N–H and O–H groups in total. The molecule has 18 heavy (non-hydrogen) atoms. The molecule has 0 radical (unpaired) electrons. The fraction of sp³-hybridized carbons (Fsp3) is 0.385. The van der Waals surface area contributed by atoms with Gasteiger partial charge >= 0.3 is 0 Å². The monoisotopic (exact) mass is 264 g/mol. The first-order valence-electron chi connectivity index (χ1n) is 5.85. The summed E-state index contributed by atoms with van der Waals surface area (Å²) in [5, 5.41) is 13.3. The Morgan fingerprint density at radius 2 is 2.22 bits per heavy atom. The van der Waals surface area contributed by atoms with Gasteiger partial charge in [0.1, 0.15) is 5.75 Å². The number of phenolic OH excluding ortho intramolecular Hbond substituents is 1. The van der Waals surface area contributed by atoms with Gasteiger partial charge in [-0.05, 0) is 29.9 Å². The van der Waals surface area contributed by atoms with Crippen molar-refractivity contribution in [3.05, 3.63) is 30.1 Å². The lowest BCUT2D eigenvalue weighted by Crippen LogP contribution is -1.92. The first-order chi connectivity index (χ1) is 8.65. The van der Waals surface area contributed by atoms with Crippen molar-refractivity contribution in [1.29, 1.82) is 0 Å². The molecule has 0 spiro atoms. The van der Waals surface area contributed by atoms with Crippen LogP contribution in [0, 0.1) is 5.92 Å². The number of benzene rings is 1. The van der Waals surface area contributed by atoms with Crippen LogP contribution in [0.1, 0.15) is 19.7 Å². The first kappa shape index (κ1) is 13.0. The zero-order chi connectivity index (χ0) is 13.0. The van der Waals surface area contributed by atoms with E-state index in [4.69, 9.17) is 4.52 Å². The highest BCUT2D eigenvalue weighted by Crippen LogP contribution is 2.22. The van der Waals surface area contributed by atoms with E-state index < -0.39 is 0 Å². The van der Waals surface area contributed by atoms with Crippen LogP contribution >= 0.6 is 11.8 Å². The van der Waals surface area contributed by atoms with E-state index in [1.165, 1.54) is 0 Å². The van der Waals surface area contributed by atoms with E-state index >= 15 is 0 Å². The Morgan fingerprint density at radius 1 is 1.39 bits per heavy atom. The van der Waals surface area contributed by atoms with Gasteiger partial charge in [-0.1, -0.05) is 25.1 Å². The predicted octanol–water partition coefficient (Wildman–Crippen LogP) is 3.33. The number of hydrogen-bond acceptors (Lipinski definition) is 5. The highest BCUT2D eigenvalue weighted by molar-refractivity contribution is 7.98. The fourth-order valence-electron chi connectivity index (χ4n) is 1.45. The molecule has 0 bridgehead atoms. The van der Waals surface area contributed by atoms with E-state index in [-0.39, 0.29) is 5.75 Å². The number of hydrogen-bond donors (Lipinski definition) is 1. The predicted molar refractivity (Wildman–Crippen MR) is 72.4 cm³/mol. The second-order valence-electron chi connectivity index (χ2n) is 4.48. The minimum atomic E-state index is 0.196.